The fourth-order valence-electron chi connectivity index (χ4n) is 4.29. The Kier molecular flexibility index (Phi) is 7.64. The summed E-state index contributed by atoms with van der Waals surface area (Å²) >= 11 is 0. The van der Waals surface area contributed by atoms with Crippen molar-refractivity contribution in [2.75, 3.05) is 11.4 Å². The third-order valence-electron chi connectivity index (χ3n) is 6.41. The van der Waals surface area contributed by atoms with Crippen LogP contribution < -0.4 is 4.90 Å². The number of aromatic nitrogens is 1. The molecule has 38 heavy (non-hydrogen) atoms. The normalized spacial score (nSPS) is 18.0. The predicted octanol–water partition coefficient (Wildman–Crippen LogP) is 4.94. The molecule has 1 unspecified atom stereocenters. The van der Waals surface area contributed by atoms with E-state index in [9.17, 15) is 31.9 Å². The number of piperazine rings is 1. The van der Waals surface area contributed by atoms with E-state index in [2.05, 4.69) is 10.7 Å². The van der Waals surface area contributed by atoms with Gasteiger partial charge < -0.3 is 4.90 Å². The molecule has 0 spiro atoms. The van der Waals surface area contributed by atoms with Crippen LogP contribution in [0.2, 0.25) is 0 Å². The number of carbonyl (C=O) groups is 3. The lowest BCUT2D eigenvalue weighted by atomic mass is 9.86. The van der Waals surface area contributed by atoms with E-state index < -0.39 is 42.0 Å². The minimum atomic E-state index is -4.51. The number of benzene rings is 1. The van der Waals surface area contributed by atoms with E-state index in [1.165, 1.54) is 35.4 Å². The van der Waals surface area contributed by atoms with Gasteiger partial charge in [0, 0.05) is 30.3 Å². The van der Waals surface area contributed by atoms with Crippen LogP contribution in [0.3, 0.4) is 0 Å². The molecule has 198 valence electrons. The zero-order valence-electron chi connectivity index (χ0n) is 20.8. The predicted molar refractivity (Wildman–Crippen MR) is 131 cm³/mol. The summed E-state index contributed by atoms with van der Waals surface area (Å²) in [5.74, 6) is -2.48. The molecule has 1 aliphatic carbocycles. The number of halogens is 4. The number of nitrogens with zero attached hydrogens (tertiary/aromatic N) is 3. The SMILES string of the molecule is CC/C=C\C(=O)C1=C=C(C2C(=O)N(c3ncc(CC)cc3F)CC(=O)N2Cc2ccc(C(F)(F)F)cc2)C1. The van der Waals surface area contributed by atoms with Crippen molar-refractivity contribution in [2.24, 2.45) is 0 Å². The second-order valence-electron chi connectivity index (χ2n) is 9.03. The molecular weight excluding hydrogens is 502 g/mol. The fourth-order valence-corrected chi connectivity index (χ4v) is 4.29. The van der Waals surface area contributed by atoms with Crippen LogP contribution in [0.1, 0.15) is 43.4 Å². The lowest BCUT2D eigenvalue weighted by Gasteiger charge is -2.41. The highest BCUT2D eigenvalue weighted by Crippen LogP contribution is 2.34. The zero-order valence-corrected chi connectivity index (χ0v) is 20.8. The van der Waals surface area contributed by atoms with E-state index in [1.807, 2.05) is 13.8 Å². The summed E-state index contributed by atoms with van der Waals surface area (Å²) in [4.78, 5) is 45.5. The van der Waals surface area contributed by atoms with Crippen LogP contribution in [-0.2, 0) is 33.5 Å². The average Bonchev–Trinajstić information content (AvgIpc) is 2.85. The van der Waals surface area contributed by atoms with Gasteiger partial charge in [-0.05, 0) is 48.2 Å². The number of pyridine rings is 1. The molecule has 0 saturated carbocycles. The Morgan fingerprint density at radius 3 is 2.42 bits per heavy atom. The van der Waals surface area contributed by atoms with Crippen molar-refractivity contribution in [1.82, 2.24) is 9.88 Å². The standard InChI is InChI=1S/C28H25F4N3O3/c1-3-5-6-23(36)19-12-20(13-19)25-27(38)35(26-22(29)11-17(4-2)14-33-26)16-24(37)34(25)15-18-7-9-21(10-8-18)28(30,31)32/h5-11,14,25H,3-4,12,15-16H2,1-2H3/b6-5-. The number of ketones is 1. The third kappa shape index (κ3) is 5.45. The quantitative estimate of drug-likeness (QED) is 0.277. The van der Waals surface area contributed by atoms with Crippen molar-refractivity contribution in [3.63, 3.8) is 0 Å². The highest BCUT2D eigenvalue weighted by atomic mass is 19.4. The maximum absolute atomic E-state index is 14.9. The van der Waals surface area contributed by atoms with Crippen molar-refractivity contribution < 1.29 is 31.9 Å². The molecule has 0 N–H and O–H groups in total. The Balaban J connectivity index is 1.70. The maximum Gasteiger partial charge on any atom is 0.416 e. The van der Waals surface area contributed by atoms with Gasteiger partial charge in [-0.25, -0.2) is 9.37 Å². The van der Waals surface area contributed by atoms with Gasteiger partial charge >= 0.3 is 6.18 Å². The Hall–Kier alpha value is -4.04. The van der Waals surface area contributed by atoms with Crippen molar-refractivity contribution in [1.29, 1.82) is 0 Å². The largest absolute Gasteiger partial charge is 0.416 e. The highest BCUT2D eigenvalue weighted by Gasteiger charge is 2.45. The molecular formula is C28H25F4N3O3. The van der Waals surface area contributed by atoms with Crippen molar-refractivity contribution in [3.8, 4) is 0 Å². The summed E-state index contributed by atoms with van der Waals surface area (Å²) in [6.45, 7) is 3.05. The lowest BCUT2D eigenvalue weighted by Crippen LogP contribution is -2.61. The Morgan fingerprint density at radius 2 is 1.84 bits per heavy atom. The van der Waals surface area contributed by atoms with Crippen LogP contribution in [0.25, 0.3) is 0 Å². The first-order valence-electron chi connectivity index (χ1n) is 12.1. The van der Waals surface area contributed by atoms with Gasteiger partial charge in [-0.1, -0.05) is 32.1 Å². The second-order valence-corrected chi connectivity index (χ2v) is 9.03. The molecule has 1 atom stereocenters. The first-order valence-corrected chi connectivity index (χ1v) is 12.1. The van der Waals surface area contributed by atoms with Gasteiger partial charge in [0.2, 0.25) is 5.91 Å². The van der Waals surface area contributed by atoms with E-state index in [-0.39, 0.29) is 24.6 Å². The summed E-state index contributed by atoms with van der Waals surface area (Å²) < 4.78 is 53.8. The molecule has 2 heterocycles. The van der Waals surface area contributed by atoms with Crippen LogP contribution in [0, 0.1) is 5.82 Å². The minimum Gasteiger partial charge on any atom is -0.320 e. The van der Waals surface area contributed by atoms with Gasteiger partial charge in [0.05, 0.1) is 5.56 Å². The number of allylic oxidation sites excluding steroid dienone is 2. The number of hydrogen-bond acceptors (Lipinski definition) is 4. The Labute approximate surface area is 216 Å². The summed E-state index contributed by atoms with van der Waals surface area (Å²) in [7, 11) is 0. The van der Waals surface area contributed by atoms with Gasteiger partial charge in [-0.15, -0.1) is 5.73 Å². The van der Waals surface area contributed by atoms with Crippen molar-refractivity contribution in [3.05, 3.63) is 88.1 Å². The van der Waals surface area contributed by atoms with Gasteiger partial charge in [0.25, 0.3) is 5.91 Å². The van der Waals surface area contributed by atoms with Crippen LogP contribution in [-0.4, -0.2) is 40.1 Å². The molecule has 2 amide bonds. The number of amides is 2. The molecule has 1 aromatic heterocycles. The molecule has 1 saturated heterocycles. The van der Waals surface area contributed by atoms with E-state index in [0.29, 0.717) is 35.1 Å². The molecule has 1 fully saturated rings. The van der Waals surface area contributed by atoms with E-state index in [1.54, 1.807) is 6.08 Å². The van der Waals surface area contributed by atoms with Crippen molar-refractivity contribution in [2.45, 2.75) is 51.9 Å². The molecule has 1 aliphatic heterocycles. The smallest absolute Gasteiger partial charge is 0.320 e. The number of rotatable bonds is 8. The Bertz CT molecular complexity index is 1370. The lowest BCUT2D eigenvalue weighted by molar-refractivity contribution is -0.142. The van der Waals surface area contributed by atoms with Crippen LogP contribution in [0.4, 0.5) is 23.4 Å². The molecule has 10 heteroatoms. The van der Waals surface area contributed by atoms with Crippen LogP contribution >= 0.6 is 0 Å². The number of aryl methyl sites for hydroxylation is 1. The maximum atomic E-state index is 14.9. The van der Waals surface area contributed by atoms with Gasteiger partial charge in [0.1, 0.15) is 12.6 Å². The van der Waals surface area contributed by atoms with E-state index in [4.69, 9.17) is 0 Å². The van der Waals surface area contributed by atoms with Crippen LogP contribution in [0.5, 0.6) is 0 Å². The molecule has 2 aromatic rings. The molecule has 0 radical (unpaired) electrons. The second kappa shape index (κ2) is 10.8. The first kappa shape index (κ1) is 27.0. The Morgan fingerprint density at radius 1 is 1.16 bits per heavy atom. The summed E-state index contributed by atoms with van der Waals surface area (Å²) in [6.07, 6.45) is 1.31. The molecule has 0 bridgehead atoms. The fraction of sp³-hybridized carbons (Fsp3) is 0.321. The number of alkyl halides is 3. The molecule has 1 aromatic carbocycles. The van der Waals surface area contributed by atoms with Gasteiger partial charge in [0.15, 0.2) is 17.4 Å². The third-order valence-corrected chi connectivity index (χ3v) is 6.41. The van der Waals surface area contributed by atoms with E-state index >= 15 is 0 Å². The van der Waals surface area contributed by atoms with Crippen molar-refractivity contribution >= 4 is 23.4 Å². The zero-order chi connectivity index (χ0) is 27.6. The van der Waals surface area contributed by atoms with Gasteiger partial charge in [-0.3, -0.25) is 19.3 Å². The minimum absolute atomic E-state index is 0.0958. The summed E-state index contributed by atoms with van der Waals surface area (Å²) in [6, 6.07) is 4.33. The summed E-state index contributed by atoms with van der Waals surface area (Å²) in [5.41, 5.74) is 3.75. The number of anilines is 1. The van der Waals surface area contributed by atoms with E-state index in [0.717, 1.165) is 17.0 Å². The monoisotopic (exact) mass is 527 g/mol. The highest BCUT2D eigenvalue weighted by molar-refractivity contribution is 6.10. The molecule has 2 aliphatic rings. The number of hydrogen-bond donors (Lipinski definition) is 0. The number of carbonyl (C=O) groups excluding carboxylic acids is 3. The topological polar surface area (TPSA) is 70.6 Å². The molecule has 6 nitrogen and oxygen atoms in total. The van der Waals surface area contributed by atoms with Gasteiger partial charge in [-0.2, -0.15) is 13.2 Å². The molecule has 4 rings (SSSR count). The van der Waals surface area contributed by atoms with Crippen LogP contribution in [0.15, 0.2) is 65.6 Å². The summed E-state index contributed by atoms with van der Waals surface area (Å²) in [5, 5.41) is 0. The average molecular weight is 528 g/mol. The first-order chi connectivity index (χ1) is 18.0.